The fourth-order valence-corrected chi connectivity index (χ4v) is 2.83. The lowest BCUT2D eigenvalue weighted by molar-refractivity contribution is -0.384. The van der Waals surface area contributed by atoms with Gasteiger partial charge in [-0.15, -0.1) is 12.4 Å². The molecule has 1 N–H and O–H groups in total. The number of anilines is 1. The second kappa shape index (κ2) is 5.61. The van der Waals surface area contributed by atoms with E-state index in [1.807, 2.05) is 12.1 Å². The van der Waals surface area contributed by atoms with Gasteiger partial charge in [0, 0.05) is 29.3 Å². The van der Waals surface area contributed by atoms with Crippen molar-refractivity contribution >= 4 is 23.8 Å². The van der Waals surface area contributed by atoms with E-state index in [-0.39, 0.29) is 28.4 Å². The highest BCUT2D eigenvalue weighted by Crippen LogP contribution is 2.42. The molecule has 1 atom stereocenters. The van der Waals surface area contributed by atoms with Crippen molar-refractivity contribution in [1.29, 1.82) is 0 Å². The Morgan fingerprint density at radius 2 is 1.82 bits per heavy atom. The molecule has 0 aromatic heterocycles. The topological polar surface area (TPSA) is 55.2 Å². The Labute approximate surface area is 136 Å². The van der Waals surface area contributed by atoms with E-state index in [4.69, 9.17) is 0 Å². The van der Waals surface area contributed by atoms with Crippen LogP contribution in [0.2, 0.25) is 0 Å². The third-order valence-electron chi connectivity index (χ3n) is 4.56. The van der Waals surface area contributed by atoms with Crippen molar-refractivity contribution in [3.63, 3.8) is 0 Å². The number of rotatable bonds is 2. The summed E-state index contributed by atoms with van der Waals surface area (Å²) in [5.74, 6) is 0. The summed E-state index contributed by atoms with van der Waals surface area (Å²) in [5.41, 5.74) is 4.48. The summed E-state index contributed by atoms with van der Waals surface area (Å²) in [6.07, 6.45) is 0. The Bertz CT molecular complexity index is 728. The number of fused-ring (bicyclic) bond motifs is 1. The fraction of sp³-hybridized carbons (Fsp3) is 0.294. The maximum Gasteiger partial charge on any atom is 0.270 e. The third kappa shape index (κ3) is 2.55. The van der Waals surface area contributed by atoms with Crippen LogP contribution in [0.3, 0.4) is 0 Å². The SMILES string of the molecule is CC1Nc2ccc(-c3cccc([N+](=O)[O-])c3)cc2C1(C)C.Cl. The minimum atomic E-state index is -0.357. The lowest BCUT2D eigenvalue weighted by Gasteiger charge is -2.24. The predicted octanol–water partition coefficient (Wildman–Crippen LogP) is 4.78. The molecule has 22 heavy (non-hydrogen) atoms. The highest BCUT2D eigenvalue weighted by molar-refractivity contribution is 5.85. The summed E-state index contributed by atoms with van der Waals surface area (Å²) in [5, 5.41) is 14.4. The van der Waals surface area contributed by atoms with Crippen molar-refractivity contribution in [2.75, 3.05) is 5.32 Å². The Balaban J connectivity index is 0.00000176. The van der Waals surface area contributed by atoms with Crippen LogP contribution in [0.25, 0.3) is 11.1 Å². The van der Waals surface area contributed by atoms with Gasteiger partial charge in [0.15, 0.2) is 0 Å². The number of non-ortho nitro benzene ring substituents is 1. The van der Waals surface area contributed by atoms with Gasteiger partial charge in [0.25, 0.3) is 5.69 Å². The largest absolute Gasteiger partial charge is 0.381 e. The summed E-state index contributed by atoms with van der Waals surface area (Å²) < 4.78 is 0. The maximum absolute atomic E-state index is 10.9. The van der Waals surface area contributed by atoms with Crippen molar-refractivity contribution in [3.8, 4) is 11.1 Å². The molecule has 2 aromatic carbocycles. The van der Waals surface area contributed by atoms with E-state index < -0.39 is 0 Å². The molecule has 0 aliphatic carbocycles. The highest BCUT2D eigenvalue weighted by Gasteiger charge is 2.36. The standard InChI is InChI=1S/C17H18N2O2.ClH/c1-11-17(2,3)15-10-13(7-8-16(15)18-11)12-5-4-6-14(9-12)19(20)21;/h4-11,18H,1-3H3;1H. The lowest BCUT2D eigenvalue weighted by Crippen LogP contribution is -2.29. The van der Waals surface area contributed by atoms with E-state index in [1.54, 1.807) is 12.1 Å². The number of nitrogens with zero attached hydrogens (tertiary/aromatic N) is 1. The number of nitro groups is 1. The molecule has 1 aliphatic heterocycles. The van der Waals surface area contributed by atoms with Gasteiger partial charge in [0.2, 0.25) is 0 Å². The van der Waals surface area contributed by atoms with E-state index in [2.05, 4.69) is 38.2 Å². The summed E-state index contributed by atoms with van der Waals surface area (Å²) >= 11 is 0. The molecule has 0 saturated carbocycles. The van der Waals surface area contributed by atoms with Gasteiger partial charge in [-0.3, -0.25) is 10.1 Å². The molecule has 1 unspecified atom stereocenters. The van der Waals surface area contributed by atoms with Crippen LogP contribution in [0.5, 0.6) is 0 Å². The van der Waals surface area contributed by atoms with E-state index in [0.29, 0.717) is 6.04 Å². The summed E-state index contributed by atoms with van der Waals surface area (Å²) in [6, 6.07) is 13.4. The molecule has 116 valence electrons. The molecule has 1 aliphatic rings. The molecular weight excluding hydrogens is 300 g/mol. The zero-order valence-electron chi connectivity index (χ0n) is 12.8. The molecule has 4 nitrogen and oxygen atoms in total. The minimum Gasteiger partial charge on any atom is -0.381 e. The molecule has 1 heterocycles. The van der Waals surface area contributed by atoms with Crippen LogP contribution in [0.1, 0.15) is 26.3 Å². The van der Waals surface area contributed by atoms with Crippen LogP contribution in [0, 0.1) is 10.1 Å². The second-order valence-electron chi connectivity index (χ2n) is 6.16. The smallest absolute Gasteiger partial charge is 0.270 e. The summed E-state index contributed by atoms with van der Waals surface area (Å²) in [6.45, 7) is 6.61. The fourth-order valence-electron chi connectivity index (χ4n) is 2.83. The normalized spacial score (nSPS) is 18.0. The van der Waals surface area contributed by atoms with Crippen molar-refractivity contribution < 1.29 is 4.92 Å². The second-order valence-corrected chi connectivity index (χ2v) is 6.16. The number of benzene rings is 2. The van der Waals surface area contributed by atoms with Gasteiger partial charge in [-0.1, -0.05) is 32.0 Å². The molecular formula is C17H19ClN2O2. The van der Waals surface area contributed by atoms with E-state index >= 15 is 0 Å². The number of nitro benzene ring substituents is 1. The molecule has 0 amide bonds. The Kier molecular flexibility index (Phi) is 4.16. The molecule has 0 fully saturated rings. The van der Waals surface area contributed by atoms with Gasteiger partial charge in [0.1, 0.15) is 0 Å². The predicted molar refractivity (Wildman–Crippen MR) is 91.9 cm³/mol. The van der Waals surface area contributed by atoms with Crippen molar-refractivity contribution in [2.45, 2.75) is 32.2 Å². The van der Waals surface area contributed by atoms with E-state index in [1.165, 1.54) is 11.6 Å². The first-order chi connectivity index (χ1) is 9.89. The molecule has 0 bridgehead atoms. The maximum atomic E-state index is 10.9. The van der Waals surface area contributed by atoms with Gasteiger partial charge in [-0.2, -0.15) is 0 Å². The van der Waals surface area contributed by atoms with Crippen LogP contribution in [-0.2, 0) is 5.41 Å². The van der Waals surface area contributed by atoms with Crippen molar-refractivity contribution in [1.82, 2.24) is 0 Å². The zero-order valence-corrected chi connectivity index (χ0v) is 13.6. The number of hydrogen-bond donors (Lipinski definition) is 1. The van der Waals surface area contributed by atoms with Gasteiger partial charge in [-0.25, -0.2) is 0 Å². The summed E-state index contributed by atoms with van der Waals surface area (Å²) in [7, 11) is 0. The van der Waals surface area contributed by atoms with Gasteiger partial charge < -0.3 is 5.32 Å². The number of halogens is 1. The molecule has 0 saturated heterocycles. The van der Waals surface area contributed by atoms with Crippen LogP contribution < -0.4 is 5.32 Å². The van der Waals surface area contributed by atoms with Gasteiger partial charge >= 0.3 is 0 Å². The summed E-state index contributed by atoms with van der Waals surface area (Å²) in [4.78, 5) is 10.6. The van der Waals surface area contributed by atoms with E-state index in [9.17, 15) is 10.1 Å². The van der Waals surface area contributed by atoms with Crippen LogP contribution >= 0.6 is 12.4 Å². The van der Waals surface area contributed by atoms with Crippen molar-refractivity contribution in [3.05, 3.63) is 58.1 Å². The first-order valence-electron chi connectivity index (χ1n) is 7.05. The molecule has 0 spiro atoms. The van der Waals surface area contributed by atoms with E-state index in [0.717, 1.165) is 16.8 Å². The highest BCUT2D eigenvalue weighted by atomic mass is 35.5. The van der Waals surface area contributed by atoms with Crippen LogP contribution in [0.15, 0.2) is 42.5 Å². The average molecular weight is 319 g/mol. The molecule has 3 rings (SSSR count). The van der Waals surface area contributed by atoms with Crippen LogP contribution in [-0.4, -0.2) is 11.0 Å². The minimum absolute atomic E-state index is 0. The Hall–Kier alpha value is -2.07. The number of nitrogens with one attached hydrogen (secondary N) is 1. The lowest BCUT2D eigenvalue weighted by atomic mass is 9.80. The average Bonchev–Trinajstić information content (AvgIpc) is 2.69. The quantitative estimate of drug-likeness (QED) is 0.640. The Morgan fingerprint density at radius 1 is 1.14 bits per heavy atom. The van der Waals surface area contributed by atoms with Gasteiger partial charge in [0.05, 0.1) is 4.92 Å². The van der Waals surface area contributed by atoms with Crippen LogP contribution in [0.4, 0.5) is 11.4 Å². The Morgan fingerprint density at radius 3 is 2.50 bits per heavy atom. The first kappa shape index (κ1) is 16.3. The first-order valence-corrected chi connectivity index (χ1v) is 7.05. The molecule has 2 aromatic rings. The third-order valence-corrected chi connectivity index (χ3v) is 4.56. The molecule has 0 radical (unpaired) electrons. The van der Waals surface area contributed by atoms with Crippen molar-refractivity contribution in [2.24, 2.45) is 0 Å². The monoisotopic (exact) mass is 318 g/mol. The number of hydrogen-bond acceptors (Lipinski definition) is 3. The molecule has 5 heteroatoms. The zero-order chi connectivity index (χ0) is 15.2. The van der Waals surface area contributed by atoms with Gasteiger partial charge in [-0.05, 0) is 35.7 Å².